The normalized spacial score (nSPS) is 17.4. The van der Waals surface area contributed by atoms with Gasteiger partial charge in [0.25, 0.3) is 0 Å². The van der Waals surface area contributed by atoms with E-state index in [2.05, 4.69) is 5.32 Å². The maximum Gasteiger partial charge on any atom is 0.243 e. The van der Waals surface area contributed by atoms with E-state index in [0.717, 1.165) is 36.2 Å². The standard InChI is InChI=1S/C23H30N4O3S/c1-25(2)21-9-7-20(8-10-21)24-23(28)17-26-12-14-27(15-13-26)31(29,30)22-11-6-18-4-3-5-19(18)16-22/h6-11,16H,3-5,12-15,17H2,1-2H3,(H,24,28). The monoisotopic (exact) mass is 442 g/mol. The Morgan fingerprint density at radius 1 is 0.968 bits per heavy atom. The number of hydrogen-bond donors (Lipinski definition) is 1. The fraction of sp³-hybridized carbons (Fsp3) is 0.435. The lowest BCUT2D eigenvalue weighted by Crippen LogP contribution is -2.50. The summed E-state index contributed by atoms with van der Waals surface area (Å²) in [6.45, 7) is 2.12. The van der Waals surface area contributed by atoms with Gasteiger partial charge in [-0.1, -0.05) is 6.07 Å². The van der Waals surface area contributed by atoms with Gasteiger partial charge in [-0.2, -0.15) is 4.31 Å². The molecule has 1 fully saturated rings. The fourth-order valence-electron chi connectivity index (χ4n) is 4.23. The molecule has 31 heavy (non-hydrogen) atoms. The topological polar surface area (TPSA) is 73.0 Å². The molecule has 0 unspecified atom stereocenters. The van der Waals surface area contributed by atoms with Crippen molar-refractivity contribution in [2.24, 2.45) is 0 Å². The van der Waals surface area contributed by atoms with Crippen LogP contribution in [0.5, 0.6) is 0 Å². The maximum absolute atomic E-state index is 13.1. The molecule has 2 aromatic carbocycles. The van der Waals surface area contributed by atoms with Crippen LogP contribution in [0, 0.1) is 0 Å². The van der Waals surface area contributed by atoms with E-state index in [1.807, 2.05) is 60.3 Å². The average molecular weight is 443 g/mol. The number of carbonyl (C=O) groups excluding carboxylic acids is 1. The highest BCUT2D eigenvalue weighted by molar-refractivity contribution is 7.89. The Bertz CT molecular complexity index is 1040. The summed E-state index contributed by atoms with van der Waals surface area (Å²) in [4.78, 5) is 16.8. The molecule has 4 rings (SSSR count). The lowest BCUT2D eigenvalue weighted by molar-refractivity contribution is -0.117. The van der Waals surface area contributed by atoms with Crippen LogP contribution in [-0.4, -0.2) is 70.3 Å². The van der Waals surface area contributed by atoms with Gasteiger partial charge in [-0.05, 0) is 66.8 Å². The lowest BCUT2D eigenvalue weighted by Gasteiger charge is -2.33. The molecule has 1 aliphatic carbocycles. The summed E-state index contributed by atoms with van der Waals surface area (Å²) in [6.07, 6.45) is 3.09. The van der Waals surface area contributed by atoms with Crippen molar-refractivity contribution in [1.82, 2.24) is 9.21 Å². The van der Waals surface area contributed by atoms with E-state index < -0.39 is 10.0 Å². The van der Waals surface area contributed by atoms with E-state index in [9.17, 15) is 13.2 Å². The van der Waals surface area contributed by atoms with Crippen LogP contribution in [0.15, 0.2) is 47.4 Å². The van der Waals surface area contributed by atoms with E-state index in [0.29, 0.717) is 31.1 Å². The van der Waals surface area contributed by atoms with Crippen molar-refractivity contribution < 1.29 is 13.2 Å². The molecule has 2 aromatic rings. The number of amides is 1. The number of rotatable bonds is 6. The summed E-state index contributed by atoms with van der Waals surface area (Å²) in [5.74, 6) is -0.0902. The second-order valence-electron chi connectivity index (χ2n) is 8.45. The van der Waals surface area contributed by atoms with E-state index in [-0.39, 0.29) is 12.5 Å². The molecular weight excluding hydrogens is 412 g/mol. The zero-order chi connectivity index (χ0) is 22.0. The van der Waals surface area contributed by atoms with Crippen LogP contribution >= 0.6 is 0 Å². The first-order valence-electron chi connectivity index (χ1n) is 10.7. The predicted octanol–water partition coefficient (Wildman–Crippen LogP) is 2.19. The molecule has 166 valence electrons. The van der Waals surface area contributed by atoms with Gasteiger partial charge in [0.2, 0.25) is 15.9 Å². The highest BCUT2D eigenvalue weighted by Gasteiger charge is 2.30. The van der Waals surface area contributed by atoms with Crippen molar-refractivity contribution in [2.75, 3.05) is 57.0 Å². The summed E-state index contributed by atoms with van der Waals surface area (Å²) in [5, 5.41) is 2.92. The highest BCUT2D eigenvalue weighted by Crippen LogP contribution is 2.26. The van der Waals surface area contributed by atoms with Crippen LogP contribution < -0.4 is 10.2 Å². The lowest BCUT2D eigenvalue weighted by atomic mass is 10.1. The minimum atomic E-state index is -3.49. The second kappa shape index (κ2) is 8.98. The molecule has 7 nitrogen and oxygen atoms in total. The third-order valence-corrected chi connectivity index (χ3v) is 7.97. The van der Waals surface area contributed by atoms with Gasteiger partial charge in [-0.15, -0.1) is 0 Å². The molecule has 0 atom stereocenters. The van der Waals surface area contributed by atoms with Crippen LogP contribution in [0.2, 0.25) is 0 Å². The molecule has 0 spiro atoms. The first kappa shape index (κ1) is 21.8. The van der Waals surface area contributed by atoms with Gasteiger partial charge in [0.15, 0.2) is 0 Å². The molecule has 0 saturated carbocycles. The number of anilines is 2. The van der Waals surface area contributed by atoms with Gasteiger partial charge in [-0.3, -0.25) is 9.69 Å². The van der Waals surface area contributed by atoms with Crippen molar-refractivity contribution >= 4 is 27.3 Å². The van der Waals surface area contributed by atoms with Crippen molar-refractivity contribution in [1.29, 1.82) is 0 Å². The first-order valence-corrected chi connectivity index (χ1v) is 12.2. The number of hydrogen-bond acceptors (Lipinski definition) is 5. The van der Waals surface area contributed by atoms with Gasteiger partial charge < -0.3 is 10.2 Å². The zero-order valence-corrected chi connectivity index (χ0v) is 19.0. The Balaban J connectivity index is 1.30. The third-order valence-electron chi connectivity index (χ3n) is 6.07. The average Bonchev–Trinajstić information content (AvgIpc) is 3.22. The summed E-state index contributed by atoms with van der Waals surface area (Å²) >= 11 is 0. The van der Waals surface area contributed by atoms with Crippen LogP contribution in [0.1, 0.15) is 17.5 Å². The Morgan fingerprint density at radius 2 is 1.65 bits per heavy atom. The summed E-state index contributed by atoms with van der Waals surface area (Å²) in [5.41, 5.74) is 4.26. The second-order valence-corrected chi connectivity index (χ2v) is 10.4. The number of benzene rings is 2. The van der Waals surface area contributed by atoms with Crippen molar-refractivity contribution in [3.63, 3.8) is 0 Å². The smallest absolute Gasteiger partial charge is 0.243 e. The van der Waals surface area contributed by atoms with E-state index in [1.165, 1.54) is 9.87 Å². The number of aryl methyl sites for hydroxylation is 2. The quantitative estimate of drug-likeness (QED) is 0.743. The van der Waals surface area contributed by atoms with Gasteiger partial charge in [-0.25, -0.2) is 8.42 Å². The minimum absolute atomic E-state index is 0.0902. The molecule has 1 aliphatic heterocycles. The molecule has 0 radical (unpaired) electrons. The Labute approximate surface area is 184 Å². The Kier molecular flexibility index (Phi) is 6.31. The first-order chi connectivity index (χ1) is 14.8. The van der Waals surface area contributed by atoms with Gasteiger partial charge in [0, 0.05) is 51.6 Å². The molecule has 1 N–H and O–H groups in total. The van der Waals surface area contributed by atoms with Crippen LogP contribution in [-0.2, 0) is 27.7 Å². The van der Waals surface area contributed by atoms with Gasteiger partial charge in [0.05, 0.1) is 11.4 Å². The van der Waals surface area contributed by atoms with Crippen LogP contribution in [0.4, 0.5) is 11.4 Å². The summed E-state index contributed by atoms with van der Waals surface area (Å²) < 4.78 is 27.7. The molecule has 2 aliphatic rings. The SMILES string of the molecule is CN(C)c1ccc(NC(=O)CN2CCN(S(=O)(=O)c3ccc4c(c3)CCC4)CC2)cc1. The molecule has 1 heterocycles. The number of nitrogens with one attached hydrogen (secondary N) is 1. The number of piperazine rings is 1. The predicted molar refractivity (Wildman–Crippen MR) is 123 cm³/mol. The zero-order valence-electron chi connectivity index (χ0n) is 18.2. The van der Waals surface area contributed by atoms with Crippen molar-refractivity contribution in [2.45, 2.75) is 24.2 Å². The van der Waals surface area contributed by atoms with Gasteiger partial charge in [0.1, 0.15) is 0 Å². The summed E-state index contributed by atoms with van der Waals surface area (Å²) in [7, 11) is 0.447. The van der Waals surface area contributed by atoms with E-state index in [1.54, 1.807) is 6.07 Å². The molecule has 0 bridgehead atoms. The minimum Gasteiger partial charge on any atom is -0.378 e. The molecule has 0 aromatic heterocycles. The summed E-state index contributed by atoms with van der Waals surface area (Å²) in [6, 6.07) is 13.2. The Morgan fingerprint density at radius 3 is 2.32 bits per heavy atom. The number of nitrogens with zero attached hydrogens (tertiary/aromatic N) is 3. The fourth-order valence-corrected chi connectivity index (χ4v) is 5.71. The molecule has 8 heteroatoms. The van der Waals surface area contributed by atoms with E-state index >= 15 is 0 Å². The molecular formula is C23H30N4O3S. The third kappa shape index (κ3) is 4.92. The number of fused-ring (bicyclic) bond motifs is 1. The van der Waals surface area contributed by atoms with Crippen molar-refractivity contribution in [3.8, 4) is 0 Å². The number of carbonyl (C=O) groups is 1. The largest absolute Gasteiger partial charge is 0.378 e. The number of sulfonamides is 1. The molecule has 1 amide bonds. The van der Waals surface area contributed by atoms with Crippen LogP contribution in [0.25, 0.3) is 0 Å². The van der Waals surface area contributed by atoms with E-state index in [4.69, 9.17) is 0 Å². The molecule has 1 saturated heterocycles. The van der Waals surface area contributed by atoms with Gasteiger partial charge >= 0.3 is 0 Å². The maximum atomic E-state index is 13.1. The van der Waals surface area contributed by atoms with Crippen molar-refractivity contribution in [3.05, 3.63) is 53.6 Å². The Hall–Kier alpha value is -2.42. The van der Waals surface area contributed by atoms with Crippen LogP contribution in [0.3, 0.4) is 0 Å². The highest BCUT2D eigenvalue weighted by atomic mass is 32.2.